The van der Waals surface area contributed by atoms with Gasteiger partial charge in [0, 0.05) is 35.5 Å². The first-order chi connectivity index (χ1) is 18.6. The van der Waals surface area contributed by atoms with Gasteiger partial charge >= 0.3 is 0 Å². The molecule has 0 spiro atoms. The second kappa shape index (κ2) is 12.1. The Morgan fingerprint density at radius 3 is 2.53 bits per heavy atom. The lowest BCUT2D eigenvalue weighted by atomic mass is 10.1. The Labute approximate surface area is 227 Å². The Hall–Kier alpha value is -3.27. The van der Waals surface area contributed by atoms with E-state index in [9.17, 15) is 9.59 Å². The highest BCUT2D eigenvalue weighted by molar-refractivity contribution is 7.23. The van der Waals surface area contributed by atoms with Crippen LogP contribution in [0.15, 0.2) is 48.7 Å². The van der Waals surface area contributed by atoms with Crippen molar-refractivity contribution in [1.29, 1.82) is 0 Å². The van der Waals surface area contributed by atoms with Crippen LogP contribution in [0.25, 0.3) is 26.4 Å². The summed E-state index contributed by atoms with van der Waals surface area (Å²) in [6, 6.07) is 13.7. The first-order valence-corrected chi connectivity index (χ1v) is 14.4. The number of imidazole rings is 1. The third-order valence-corrected chi connectivity index (χ3v) is 8.32. The number of thiazole rings is 1. The fraction of sp³-hybridized carbons (Fsp3) is 0.414. The van der Waals surface area contributed by atoms with Gasteiger partial charge in [0.1, 0.15) is 0 Å². The zero-order valence-electron chi connectivity index (χ0n) is 22.1. The van der Waals surface area contributed by atoms with E-state index in [1.54, 1.807) is 11.3 Å². The average Bonchev–Trinajstić information content (AvgIpc) is 3.51. The molecule has 38 heavy (non-hydrogen) atoms. The molecule has 8 nitrogen and oxygen atoms in total. The molecule has 5 rings (SSSR count). The topological polar surface area (TPSA) is 90.8 Å². The molecule has 0 saturated carbocycles. The van der Waals surface area contributed by atoms with E-state index < -0.39 is 0 Å². The number of nitrogens with one attached hydrogen (secondary N) is 3. The normalized spacial score (nSPS) is 14.4. The van der Waals surface area contributed by atoms with E-state index in [0.29, 0.717) is 17.7 Å². The van der Waals surface area contributed by atoms with Crippen molar-refractivity contribution in [2.24, 2.45) is 0 Å². The molecule has 3 heterocycles. The van der Waals surface area contributed by atoms with Crippen molar-refractivity contribution in [3.05, 3.63) is 59.8 Å². The number of fused-ring (bicyclic) bond motifs is 3. The summed E-state index contributed by atoms with van der Waals surface area (Å²) in [6.07, 6.45) is 4.89. The lowest BCUT2D eigenvalue weighted by Crippen LogP contribution is -2.42. The predicted octanol–water partition coefficient (Wildman–Crippen LogP) is 4.16. The van der Waals surface area contributed by atoms with Crippen LogP contribution in [0, 0.1) is 0 Å². The van der Waals surface area contributed by atoms with Crippen LogP contribution in [0.4, 0.5) is 0 Å². The fourth-order valence-corrected chi connectivity index (χ4v) is 6.00. The Balaban J connectivity index is 1.24. The van der Waals surface area contributed by atoms with Gasteiger partial charge in [0.05, 0.1) is 15.9 Å². The molecule has 0 unspecified atom stereocenters. The van der Waals surface area contributed by atoms with Crippen molar-refractivity contribution >= 4 is 38.3 Å². The minimum absolute atomic E-state index is 0.0241. The summed E-state index contributed by atoms with van der Waals surface area (Å²) in [6.45, 7) is 9.93. The van der Waals surface area contributed by atoms with Crippen LogP contribution >= 0.6 is 11.3 Å². The molecule has 0 aliphatic carbocycles. The van der Waals surface area contributed by atoms with Crippen LogP contribution in [-0.4, -0.2) is 71.4 Å². The van der Waals surface area contributed by atoms with E-state index >= 15 is 0 Å². The van der Waals surface area contributed by atoms with Crippen LogP contribution in [0.1, 0.15) is 53.8 Å². The van der Waals surface area contributed by atoms with Gasteiger partial charge in [-0.25, -0.2) is 4.98 Å². The molecule has 0 bridgehead atoms. The number of hydrogen-bond acceptors (Lipinski definition) is 6. The molecular formula is C29H36N6O2S. The largest absolute Gasteiger partial charge is 0.352 e. The number of aromatic nitrogens is 2. The molecule has 1 aliphatic rings. The first-order valence-electron chi connectivity index (χ1n) is 13.6. The minimum Gasteiger partial charge on any atom is -0.352 e. The predicted molar refractivity (Wildman–Crippen MR) is 154 cm³/mol. The molecule has 4 aromatic rings. The summed E-state index contributed by atoms with van der Waals surface area (Å²) in [7, 11) is 0. The number of piperidine rings is 1. The Morgan fingerprint density at radius 1 is 1.05 bits per heavy atom. The van der Waals surface area contributed by atoms with Crippen molar-refractivity contribution in [2.45, 2.75) is 39.2 Å². The number of hydrogen-bond donors (Lipinski definition) is 3. The maximum Gasteiger partial charge on any atom is 0.251 e. The summed E-state index contributed by atoms with van der Waals surface area (Å²) in [4.78, 5) is 33.4. The zero-order valence-corrected chi connectivity index (χ0v) is 22.9. The van der Waals surface area contributed by atoms with Gasteiger partial charge in [0.2, 0.25) is 0 Å². The lowest BCUT2D eigenvalue weighted by molar-refractivity contribution is 0.0927. The minimum atomic E-state index is -0.0394. The summed E-state index contributed by atoms with van der Waals surface area (Å²) >= 11 is 1.57. The molecule has 0 atom stereocenters. The van der Waals surface area contributed by atoms with Crippen molar-refractivity contribution in [3.8, 4) is 11.3 Å². The van der Waals surface area contributed by atoms with E-state index in [0.717, 1.165) is 78.4 Å². The monoisotopic (exact) mass is 532 g/mol. The maximum atomic E-state index is 12.7. The van der Waals surface area contributed by atoms with Crippen LogP contribution in [0.5, 0.6) is 0 Å². The van der Waals surface area contributed by atoms with E-state index in [1.165, 1.54) is 0 Å². The third kappa shape index (κ3) is 5.90. The van der Waals surface area contributed by atoms with Crippen molar-refractivity contribution in [2.75, 3.05) is 39.3 Å². The third-order valence-electron chi connectivity index (χ3n) is 7.30. The highest BCUT2D eigenvalue weighted by atomic mass is 32.1. The Kier molecular flexibility index (Phi) is 8.36. The lowest BCUT2D eigenvalue weighted by Gasteiger charge is -2.23. The van der Waals surface area contributed by atoms with Crippen molar-refractivity contribution < 1.29 is 9.59 Å². The fourth-order valence-electron chi connectivity index (χ4n) is 4.96. The van der Waals surface area contributed by atoms with Gasteiger partial charge in [0.15, 0.2) is 4.96 Å². The van der Waals surface area contributed by atoms with Crippen LogP contribution in [0.2, 0.25) is 0 Å². The molecule has 1 saturated heterocycles. The SMILES string of the molecule is CCN(CC)CCCNC(=O)c1ccc2c(c1)sc1nc(-c3ccc(C(=O)NC4CCNCC4)cc3)cn12. The molecule has 2 aromatic carbocycles. The highest BCUT2D eigenvalue weighted by Crippen LogP contribution is 2.30. The number of amides is 2. The summed E-state index contributed by atoms with van der Waals surface area (Å²) < 4.78 is 3.10. The molecule has 2 aromatic heterocycles. The van der Waals surface area contributed by atoms with Gasteiger partial charge in [-0.15, -0.1) is 0 Å². The van der Waals surface area contributed by atoms with Crippen molar-refractivity contribution in [3.63, 3.8) is 0 Å². The molecule has 9 heteroatoms. The molecule has 1 aliphatic heterocycles. The van der Waals surface area contributed by atoms with Gasteiger partial charge in [-0.2, -0.15) is 0 Å². The van der Waals surface area contributed by atoms with Gasteiger partial charge in [-0.05, 0) is 82.3 Å². The standard InChI is InChI=1S/C29H36N6O2S/c1-3-34(4-2)17-5-14-31-27(36)22-10-11-25-26(18-22)38-29-33-24(19-35(25)29)20-6-8-21(9-7-20)28(37)32-23-12-15-30-16-13-23/h6-11,18-19,23,30H,3-5,12-17H2,1-2H3,(H,31,36)(H,32,37). The number of nitrogens with zero attached hydrogens (tertiary/aromatic N) is 3. The van der Waals surface area contributed by atoms with Gasteiger partial charge in [-0.1, -0.05) is 37.3 Å². The average molecular weight is 533 g/mol. The van der Waals surface area contributed by atoms with Gasteiger partial charge in [-0.3, -0.25) is 14.0 Å². The number of carbonyl (C=O) groups is 2. The number of carbonyl (C=O) groups excluding carboxylic acids is 2. The maximum absolute atomic E-state index is 12.7. The zero-order chi connectivity index (χ0) is 26.5. The van der Waals surface area contributed by atoms with E-state index in [1.807, 2.05) is 48.7 Å². The smallest absolute Gasteiger partial charge is 0.251 e. The van der Waals surface area contributed by atoms with Crippen LogP contribution in [0.3, 0.4) is 0 Å². The quantitative estimate of drug-likeness (QED) is 0.267. The van der Waals surface area contributed by atoms with Crippen LogP contribution in [-0.2, 0) is 0 Å². The van der Waals surface area contributed by atoms with Crippen LogP contribution < -0.4 is 16.0 Å². The summed E-state index contributed by atoms with van der Waals surface area (Å²) in [5.41, 5.74) is 4.19. The van der Waals surface area contributed by atoms with E-state index in [4.69, 9.17) is 4.98 Å². The number of benzene rings is 2. The van der Waals surface area contributed by atoms with Gasteiger partial charge in [0.25, 0.3) is 11.8 Å². The molecule has 2 amide bonds. The van der Waals surface area contributed by atoms with Crippen molar-refractivity contribution in [1.82, 2.24) is 30.2 Å². The first kappa shape index (κ1) is 26.3. The molecule has 3 N–H and O–H groups in total. The highest BCUT2D eigenvalue weighted by Gasteiger charge is 2.17. The summed E-state index contributed by atoms with van der Waals surface area (Å²) in [5.74, 6) is -0.0635. The van der Waals surface area contributed by atoms with E-state index in [2.05, 4.69) is 39.1 Å². The van der Waals surface area contributed by atoms with Gasteiger partial charge < -0.3 is 20.9 Å². The Morgan fingerprint density at radius 2 is 1.79 bits per heavy atom. The number of rotatable bonds is 10. The Bertz CT molecular complexity index is 1400. The second-order valence-corrected chi connectivity index (χ2v) is 10.8. The second-order valence-electron chi connectivity index (χ2n) is 9.77. The molecule has 1 fully saturated rings. The molecule has 0 radical (unpaired) electrons. The molecule has 200 valence electrons. The van der Waals surface area contributed by atoms with E-state index in [-0.39, 0.29) is 17.9 Å². The molecular weight excluding hydrogens is 496 g/mol. The summed E-state index contributed by atoms with van der Waals surface area (Å²) in [5, 5.41) is 9.50.